The molecule has 0 amide bonds. The highest BCUT2D eigenvalue weighted by molar-refractivity contribution is 6.42. The van der Waals surface area contributed by atoms with E-state index in [4.69, 9.17) is 23.2 Å². The molecule has 0 aliphatic heterocycles. The highest BCUT2D eigenvalue weighted by Crippen LogP contribution is 2.22. The summed E-state index contributed by atoms with van der Waals surface area (Å²) in [6.45, 7) is 1.97. The lowest BCUT2D eigenvalue weighted by atomic mass is 10.1. The molecule has 0 heterocycles. The normalized spacial score (nSPS) is 10.1. The summed E-state index contributed by atoms with van der Waals surface area (Å²) in [6, 6.07) is 4.95. The zero-order valence-corrected chi connectivity index (χ0v) is 10.8. The molecule has 1 aromatic carbocycles. The third-order valence-electron chi connectivity index (χ3n) is 2.03. The van der Waals surface area contributed by atoms with Crippen LogP contribution in [-0.2, 0) is 20.7 Å². The fourth-order valence-electron chi connectivity index (χ4n) is 1.31. The van der Waals surface area contributed by atoms with E-state index in [-0.39, 0.29) is 25.2 Å². The third-order valence-corrected chi connectivity index (χ3v) is 2.77. The molecule has 5 heteroatoms. The molecule has 0 saturated heterocycles. The molecule has 0 fully saturated rings. The molecule has 0 bridgehead atoms. The van der Waals surface area contributed by atoms with Crippen molar-refractivity contribution in [3.63, 3.8) is 0 Å². The Morgan fingerprint density at radius 1 is 1.24 bits per heavy atom. The number of hydrogen-bond acceptors (Lipinski definition) is 3. The molecule has 3 nitrogen and oxygen atoms in total. The molecule has 1 rings (SSSR count). The van der Waals surface area contributed by atoms with Crippen LogP contribution < -0.4 is 0 Å². The molecule has 17 heavy (non-hydrogen) atoms. The SMILES string of the molecule is CCOC(=O)CC(=O)Cc1ccc(Cl)c(Cl)c1. The van der Waals surface area contributed by atoms with Gasteiger partial charge in [-0.05, 0) is 24.6 Å². The van der Waals surface area contributed by atoms with Crippen molar-refractivity contribution in [3.05, 3.63) is 33.8 Å². The lowest BCUT2D eigenvalue weighted by Gasteiger charge is -2.03. The van der Waals surface area contributed by atoms with Crippen molar-refractivity contribution in [1.82, 2.24) is 0 Å². The van der Waals surface area contributed by atoms with Gasteiger partial charge in [0, 0.05) is 6.42 Å². The molecule has 1 aromatic rings. The first-order valence-electron chi connectivity index (χ1n) is 5.14. The number of carbonyl (C=O) groups is 2. The van der Waals surface area contributed by atoms with Gasteiger partial charge >= 0.3 is 5.97 Å². The summed E-state index contributed by atoms with van der Waals surface area (Å²) in [5.74, 6) is -0.709. The van der Waals surface area contributed by atoms with Gasteiger partial charge < -0.3 is 4.74 Å². The minimum atomic E-state index is -0.502. The highest BCUT2D eigenvalue weighted by Gasteiger charge is 2.11. The molecule has 0 aromatic heterocycles. The summed E-state index contributed by atoms with van der Waals surface area (Å²) in [5.41, 5.74) is 0.730. The van der Waals surface area contributed by atoms with Gasteiger partial charge in [0.2, 0.25) is 0 Å². The van der Waals surface area contributed by atoms with Gasteiger partial charge in [-0.2, -0.15) is 0 Å². The quantitative estimate of drug-likeness (QED) is 0.612. The summed E-state index contributed by atoms with van der Waals surface area (Å²) >= 11 is 11.6. The Morgan fingerprint density at radius 3 is 2.53 bits per heavy atom. The van der Waals surface area contributed by atoms with Crippen LogP contribution in [0.25, 0.3) is 0 Å². The third kappa shape index (κ3) is 4.75. The number of esters is 1. The molecule has 92 valence electrons. The Bertz CT molecular complexity index is 430. The highest BCUT2D eigenvalue weighted by atomic mass is 35.5. The molecule has 0 saturated carbocycles. The van der Waals surface area contributed by atoms with Gasteiger partial charge in [-0.1, -0.05) is 29.3 Å². The van der Waals surface area contributed by atoms with Crippen LogP contribution in [0, 0.1) is 0 Å². The molecule has 0 atom stereocenters. The molecule has 0 unspecified atom stereocenters. The van der Waals surface area contributed by atoms with Crippen molar-refractivity contribution >= 4 is 35.0 Å². The first kappa shape index (κ1) is 14.0. The maximum Gasteiger partial charge on any atom is 0.313 e. The number of Topliss-reactive ketones (excluding diaryl/α,β-unsaturated/α-hetero) is 1. The van der Waals surface area contributed by atoms with Gasteiger partial charge in [0.05, 0.1) is 16.7 Å². The van der Waals surface area contributed by atoms with E-state index in [0.717, 1.165) is 5.56 Å². The number of ether oxygens (including phenoxy) is 1. The first-order chi connectivity index (χ1) is 8.02. The van der Waals surface area contributed by atoms with Crippen molar-refractivity contribution < 1.29 is 14.3 Å². The van der Waals surface area contributed by atoms with E-state index in [0.29, 0.717) is 10.0 Å². The van der Waals surface area contributed by atoms with Crippen LogP contribution in [0.3, 0.4) is 0 Å². The minimum Gasteiger partial charge on any atom is -0.466 e. The maximum atomic E-state index is 11.5. The predicted molar refractivity (Wildman–Crippen MR) is 66.4 cm³/mol. The zero-order chi connectivity index (χ0) is 12.8. The van der Waals surface area contributed by atoms with Crippen molar-refractivity contribution in [2.24, 2.45) is 0 Å². The lowest BCUT2D eigenvalue weighted by molar-refractivity contribution is -0.145. The average Bonchev–Trinajstić information content (AvgIpc) is 2.23. The van der Waals surface area contributed by atoms with Gasteiger partial charge in [0.15, 0.2) is 0 Å². The second kappa shape index (κ2) is 6.62. The largest absolute Gasteiger partial charge is 0.466 e. The van der Waals surface area contributed by atoms with E-state index in [9.17, 15) is 9.59 Å². The second-order valence-electron chi connectivity index (χ2n) is 3.45. The fourth-order valence-corrected chi connectivity index (χ4v) is 1.63. The second-order valence-corrected chi connectivity index (χ2v) is 4.26. The van der Waals surface area contributed by atoms with Gasteiger partial charge in [0.25, 0.3) is 0 Å². The molecule has 0 spiro atoms. The summed E-state index contributed by atoms with van der Waals surface area (Å²) in [6.07, 6.45) is -0.0657. The molecular formula is C12H12Cl2O3. The lowest BCUT2D eigenvalue weighted by Crippen LogP contribution is -2.12. The van der Waals surface area contributed by atoms with E-state index in [1.807, 2.05) is 0 Å². The minimum absolute atomic E-state index is 0.149. The van der Waals surface area contributed by atoms with Gasteiger partial charge in [-0.25, -0.2) is 0 Å². The van der Waals surface area contributed by atoms with Crippen molar-refractivity contribution in [2.45, 2.75) is 19.8 Å². The Kier molecular flexibility index (Phi) is 5.45. The van der Waals surface area contributed by atoms with E-state index < -0.39 is 5.97 Å². The Balaban J connectivity index is 2.56. The number of benzene rings is 1. The fraction of sp³-hybridized carbons (Fsp3) is 0.333. The van der Waals surface area contributed by atoms with Crippen LogP contribution in [0.4, 0.5) is 0 Å². The van der Waals surface area contributed by atoms with Crippen LogP contribution in [-0.4, -0.2) is 18.4 Å². The van der Waals surface area contributed by atoms with Crippen molar-refractivity contribution in [1.29, 1.82) is 0 Å². The summed E-state index contributed by atoms with van der Waals surface area (Å²) < 4.78 is 4.69. The Hall–Kier alpha value is -1.06. The molecular weight excluding hydrogens is 263 g/mol. The van der Waals surface area contributed by atoms with Crippen LogP contribution in [0.1, 0.15) is 18.9 Å². The van der Waals surface area contributed by atoms with E-state index >= 15 is 0 Å². The number of hydrogen-bond donors (Lipinski definition) is 0. The first-order valence-corrected chi connectivity index (χ1v) is 5.89. The average molecular weight is 275 g/mol. The predicted octanol–water partition coefficient (Wildman–Crippen LogP) is 3.06. The Morgan fingerprint density at radius 2 is 1.94 bits per heavy atom. The van der Waals surface area contributed by atoms with Crippen LogP contribution >= 0.6 is 23.2 Å². The van der Waals surface area contributed by atoms with E-state index in [1.165, 1.54) is 0 Å². The van der Waals surface area contributed by atoms with Gasteiger partial charge in [-0.15, -0.1) is 0 Å². The van der Waals surface area contributed by atoms with Crippen molar-refractivity contribution in [3.8, 4) is 0 Å². The molecule has 0 aliphatic carbocycles. The van der Waals surface area contributed by atoms with E-state index in [2.05, 4.69) is 4.74 Å². The maximum absolute atomic E-state index is 11.5. The molecule has 0 aliphatic rings. The topological polar surface area (TPSA) is 43.4 Å². The van der Waals surface area contributed by atoms with Crippen LogP contribution in [0.15, 0.2) is 18.2 Å². The van der Waals surface area contributed by atoms with E-state index in [1.54, 1.807) is 25.1 Å². The van der Waals surface area contributed by atoms with Gasteiger partial charge in [-0.3, -0.25) is 9.59 Å². The number of ketones is 1. The standard InChI is InChI=1S/C12H12Cl2O3/c1-2-17-12(16)7-9(15)5-8-3-4-10(13)11(14)6-8/h3-4,6H,2,5,7H2,1H3. The summed E-state index contributed by atoms with van der Waals surface area (Å²) in [4.78, 5) is 22.6. The van der Waals surface area contributed by atoms with Gasteiger partial charge in [0.1, 0.15) is 12.2 Å². The monoisotopic (exact) mass is 274 g/mol. The number of carbonyl (C=O) groups excluding carboxylic acids is 2. The van der Waals surface area contributed by atoms with Crippen LogP contribution in [0.2, 0.25) is 10.0 Å². The van der Waals surface area contributed by atoms with Crippen molar-refractivity contribution in [2.75, 3.05) is 6.61 Å². The summed E-state index contributed by atoms with van der Waals surface area (Å²) in [7, 11) is 0. The zero-order valence-electron chi connectivity index (χ0n) is 9.33. The smallest absolute Gasteiger partial charge is 0.313 e. The molecule has 0 N–H and O–H groups in total. The summed E-state index contributed by atoms with van der Waals surface area (Å²) in [5, 5.41) is 0.835. The van der Waals surface area contributed by atoms with Crippen LogP contribution in [0.5, 0.6) is 0 Å². The Labute approximate surface area is 110 Å². The number of halogens is 2. The number of rotatable bonds is 5. The molecule has 0 radical (unpaired) electrons.